The van der Waals surface area contributed by atoms with Gasteiger partial charge in [-0.1, -0.05) is 0 Å². The molecule has 1 aliphatic heterocycles. The van der Waals surface area contributed by atoms with Crippen molar-refractivity contribution in [2.45, 2.75) is 70.6 Å². The van der Waals surface area contributed by atoms with E-state index in [4.69, 9.17) is 10.5 Å². The maximum absolute atomic E-state index is 12.4. The summed E-state index contributed by atoms with van der Waals surface area (Å²) in [5, 5.41) is 0. The third-order valence-corrected chi connectivity index (χ3v) is 4.28. The summed E-state index contributed by atoms with van der Waals surface area (Å²) < 4.78 is 5.85. The van der Waals surface area contributed by atoms with Gasteiger partial charge in [0.05, 0.1) is 11.7 Å². The molecule has 19 heavy (non-hydrogen) atoms. The summed E-state index contributed by atoms with van der Waals surface area (Å²) in [6.45, 7) is 7.60. The summed E-state index contributed by atoms with van der Waals surface area (Å²) in [6, 6.07) is 0.355. The Morgan fingerprint density at radius 3 is 2.53 bits per heavy atom. The number of hydrogen-bond donors (Lipinski definition) is 1. The number of hydrogen-bond acceptors (Lipinski definition) is 3. The molecule has 4 nitrogen and oxygen atoms in total. The molecule has 110 valence electrons. The monoisotopic (exact) mass is 268 g/mol. The molecule has 0 radical (unpaired) electrons. The largest absolute Gasteiger partial charge is 0.369 e. The van der Waals surface area contributed by atoms with E-state index in [-0.39, 0.29) is 11.7 Å². The van der Waals surface area contributed by atoms with E-state index in [1.165, 1.54) is 0 Å². The molecule has 1 saturated heterocycles. The molecule has 1 heterocycles. The van der Waals surface area contributed by atoms with Crippen molar-refractivity contribution >= 4 is 5.91 Å². The Morgan fingerprint density at radius 1 is 1.32 bits per heavy atom. The number of carbonyl (C=O) groups is 1. The molecule has 2 N–H and O–H groups in total. The summed E-state index contributed by atoms with van der Waals surface area (Å²) in [7, 11) is 0. The number of morpholine rings is 1. The Balaban J connectivity index is 1.85. The summed E-state index contributed by atoms with van der Waals surface area (Å²) >= 11 is 0. The molecule has 1 unspecified atom stereocenters. The van der Waals surface area contributed by atoms with Crippen molar-refractivity contribution in [3.05, 3.63) is 0 Å². The van der Waals surface area contributed by atoms with E-state index in [0.29, 0.717) is 30.8 Å². The average molecular weight is 268 g/mol. The van der Waals surface area contributed by atoms with E-state index in [9.17, 15) is 4.79 Å². The minimum atomic E-state index is -0.220. The van der Waals surface area contributed by atoms with Crippen LogP contribution in [-0.4, -0.2) is 41.6 Å². The molecule has 4 heteroatoms. The van der Waals surface area contributed by atoms with Crippen molar-refractivity contribution in [1.82, 2.24) is 4.90 Å². The van der Waals surface area contributed by atoms with Gasteiger partial charge in [-0.15, -0.1) is 0 Å². The molecule has 2 rings (SSSR count). The van der Waals surface area contributed by atoms with Crippen LogP contribution in [0, 0.1) is 5.92 Å². The summed E-state index contributed by atoms with van der Waals surface area (Å²) in [4.78, 5) is 14.4. The highest BCUT2D eigenvalue weighted by molar-refractivity contribution is 5.76. The summed E-state index contributed by atoms with van der Waals surface area (Å²) in [5.41, 5.74) is 5.69. The minimum absolute atomic E-state index is 0.132. The van der Waals surface area contributed by atoms with Crippen LogP contribution in [0.25, 0.3) is 0 Å². The first-order valence-electron chi connectivity index (χ1n) is 7.57. The summed E-state index contributed by atoms with van der Waals surface area (Å²) in [6.07, 6.45) is 5.18. The van der Waals surface area contributed by atoms with Crippen LogP contribution in [0.4, 0.5) is 0 Å². The normalized spacial score (nSPS) is 35.2. The summed E-state index contributed by atoms with van der Waals surface area (Å²) in [5.74, 6) is 0.831. The van der Waals surface area contributed by atoms with E-state index in [0.717, 1.165) is 32.2 Å². The number of ether oxygens (including phenoxy) is 1. The van der Waals surface area contributed by atoms with Crippen LogP contribution in [-0.2, 0) is 9.53 Å². The smallest absolute Gasteiger partial charge is 0.223 e. The number of rotatable bonds is 2. The Hall–Kier alpha value is -0.610. The molecular weight excluding hydrogens is 240 g/mol. The fraction of sp³-hybridized carbons (Fsp3) is 0.933. The lowest BCUT2D eigenvalue weighted by Gasteiger charge is -2.42. The van der Waals surface area contributed by atoms with Gasteiger partial charge in [-0.25, -0.2) is 0 Å². The molecule has 1 atom stereocenters. The third kappa shape index (κ3) is 4.18. The highest BCUT2D eigenvalue weighted by atomic mass is 16.5. The van der Waals surface area contributed by atoms with Gasteiger partial charge in [0.25, 0.3) is 0 Å². The zero-order valence-corrected chi connectivity index (χ0v) is 12.5. The second-order valence-electron chi connectivity index (χ2n) is 6.95. The van der Waals surface area contributed by atoms with Gasteiger partial charge in [0.2, 0.25) is 5.91 Å². The maximum atomic E-state index is 12.4. The Bertz CT molecular complexity index is 322. The van der Waals surface area contributed by atoms with Gasteiger partial charge < -0.3 is 15.4 Å². The van der Waals surface area contributed by atoms with Crippen LogP contribution in [0.15, 0.2) is 0 Å². The van der Waals surface area contributed by atoms with Crippen LogP contribution in [0.1, 0.15) is 52.9 Å². The van der Waals surface area contributed by atoms with Crippen LogP contribution < -0.4 is 5.73 Å². The zero-order valence-electron chi connectivity index (χ0n) is 12.5. The fourth-order valence-corrected chi connectivity index (χ4v) is 3.41. The van der Waals surface area contributed by atoms with Crippen molar-refractivity contribution in [1.29, 1.82) is 0 Å². The molecule has 0 aromatic carbocycles. The number of amides is 1. The quantitative estimate of drug-likeness (QED) is 0.832. The highest BCUT2D eigenvalue weighted by Gasteiger charge is 2.34. The topological polar surface area (TPSA) is 55.6 Å². The van der Waals surface area contributed by atoms with Gasteiger partial charge in [-0.3, -0.25) is 4.79 Å². The third-order valence-electron chi connectivity index (χ3n) is 4.28. The molecule has 0 bridgehead atoms. The van der Waals surface area contributed by atoms with Crippen molar-refractivity contribution in [3.8, 4) is 0 Å². The van der Waals surface area contributed by atoms with E-state index in [2.05, 4.69) is 13.8 Å². The Morgan fingerprint density at radius 2 is 1.95 bits per heavy atom. The average Bonchev–Trinajstić information content (AvgIpc) is 2.29. The van der Waals surface area contributed by atoms with Crippen molar-refractivity contribution in [2.75, 3.05) is 13.1 Å². The second kappa shape index (κ2) is 5.80. The van der Waals surface area contributed by atoms with Gasteiger partial charge in [0.1, 0.15) is 0 Å². The maximum Gasteiger partial charge on any atom is 0.223 e. The Labute approximate surface area is 116 Å². The van der Waals surface area contributed by atoms with Crippen molar-refractivity contribution < 1.29 is 9.53 Å². The predicted molar refractivity (Wildman–Crippen MR) is 75.8 cm³/mol. The molecule has 0 aromatic heterocycles. The second-order valence-corrected chi connectivity index (χ2v) is 6.95. The standard InChI is InChI=1S/C15H28N2O2/c1-11-9-17(10-15(2,3)19-11)14(18)8-12-4-6-13(16)7-5-12/h11-13H,4-10,16H2,1-3H3. The zero-order chi connectivity index (χ0) is 14.0. The lowest BCUT2D eigenvalue weighted by atomic mass is 9.84. The first-order chi connectivity index (χ1) is 8.85. The first kappa shape index (κ1) is 14.8. The molecule has 2 fully saturated rings. The fourth-order valence-electron chi connectivity index (χ4n) is 3.41. The predicted octanol–water partition coefficient (Wildman–Crippen LogP) is 1.92. The van der Waals surface area contributed by atoms with E-state index in [1.54, 1.807) is 0 Å². The first-order valence-corrected chi connectivity index (χ1v) is 7.57. The highest BCUT2D eigenvalue weighted by Crippen LogP contribution is 2.28. The van der Waals surface area contributed by atoms with Crippen LogP contribution in [0.5, 0.6) is 0 Å². The van der Waals surface area contributed by atoms with Crippen LogP contribution in [0.3, 0.4) is 0 Å². The molecule has 1 saturated carbocycles. The van der Waals surface area contributed by atoms with Crippen LogP contribution >= 0.6 is 0 Å². The van der Waals surface area contributed by atoms with E-state index < -0.39 is 0 Å². The number of nitrogens with zero attached hydrogens (tertiary/aromatic N) is 1. The van der Waals surface area contributed by atoms with E-state index in [1.807, 2.05) is 11.8 Å². The Kier molecular flexibility index (Phi) is 4.51. The molecule has 0 spiro atoms. The molecule has 1 amide bonds. The van der Waals surface area contributed by atoms with Gasteiger partial charge in [0, 0.05) is 25.6 Å². The molecule has 0 aromatic rings. The lowest BCUT2D eigenvalue weighted by molar-refractivity contribution is -0.159. The van der Waals surface area contributed by atoms with Gasteiger partial charge in [0.15, 0.2) is 0 Å². The molecular formula is C15H28N2O2. The van der Waals surface area contributed by atoms with Gasteiger partial charge >= 0.3 is 0 Å². The molecule has 1 aliphatic carbocycles. The number of carbonyl (C=O) groups excluding carboxylic acids is 1. The van der Waals surface area contributed by atoms with Gasteiger partial charge in [-0.05, 0) is 52.4 Å². The van der Waals surface area contributed by atoms with E-state index >= 15 is 0 Å². The minimum Gasteiger partial charge on any atom is -0.369 e. The number of nitrogens with two attached hydrogens (primary N) is 1. The van der Waals surface area contributed by atoms with Crippen molar-refractivity contribution in [3.63, 3.8) is 0 Å². The SMILES string of the molecule is CC1CN(C(=O)CC2CCC(N)CC2)CC(C)(C)O1. The van der Waals surface area contributed by atoms with Gasteiger partial charge in [-0.2, -0.15) is 0 Å². The lowest BCUT2D eigenvalue weighted by Crippen LogP contribution is -2.54. The van der Waals surface area contributed by atoms with Crippen LogP contribution in [0.2, 0.25) is 0 Å². The molecule has 2 aliphatic rings. The van der Waals surface area contributed by atoms with Crippen molar-refractivity contribution in [2.24, 2.45) is 11.7 Å².